The van der Waals surface area contributed by atoms with E-state index in [-0.39, 0.29) is 12.0 Å². The highest BCUT2D eigenvalue weighted by atomic mass is 16.5. The summed E-state index contributed by atoms with van der Waals surface area (Å²) >= 11 is 0. The molecule has 0 rings (SSSR count). The molecule has 0 saturated heterocycles. The number of carbonyl (C=O) groups excluding carboxylic acids is 1. The van der Waals surface area contributed by atoms with Crippen molar-refractivity contribution in [1.82, 2.24) is 10.2 Å². The molecule has 0 aromatic rings. The van der Waals surface area contributed by atoms with Gasteiger partial charge in [0.05, 0.1) is 13.7 Å². The van der Waals surface area contributed by atoms with Crippen LogP contribution >= 0.6 is 0 Å². The summed E-state index contributed by atoms with van der Waals surface area (Å²) < 4.78 is 9.88. The van der Waals surface area contributed by atoms with Crippen LogP contribution in [-0.4, -0.2) is 63.4 Å². The SMILES string of the molecule is COCCN(C)CC(C)(NC(C)C)C(=O)OC. The van der Waals surface area contributed by atoms with E-state index < -0.39 is 5.54 Å². The monoisotopic (exact) mass is 246 g/mol. The summed E-state index contributed by atoms with van der Waals surface area (Å²) in [6.45, 7) is 7.90. The Balaban J connectivity index is 4.52. The predicted molar refractivity (Wildman–Crippen MR) is 68.1 cm³/mol. The number of methoxy groups -OCH3 is 2. The second kappa shape index (κ2) is 7.63. The Morgan fingerprint density at radius 2 is 2.00 bits per heavy atom. The average molecular weight is 246 g/mol. The number of rotatable bonds is 8. The first-order valence-corrected chi connectivity index (χ1v) is 5.89. The highest BCUT2D eigenvalue weighted by Crippen LogP contribution is 2.10. The maximum absolute atomic E-state index is 11.8. The Kier molecular flexibility index (Phi) is 7.34. The molecular weight excluding hydrogens is 220 g/mol. The minimum Gasteiger partial charge on any atom is -0.468 e. The molecule has 1 N–H and O–H groups in total. The first-order chi connectivity index (χ1) is 7.85. The molecule has 0 fully saturated rings. The van der Waals surface area contributed by atoms with Gasteiger partial charge in [-0.1, -0.05) is 0 Å². The summed E-state index contributed by atoms with van der Waals surface area (Å²) in [5.74, 6) is -0.240. The fourth-order valence-corrected chi connectivity index (χ4v) is 1.90. The second-order valence-electron chi connectivity index (χ2n) is 4.85. The number of esters is 1. The van der Waals surface area contributed by atoms with E-state index in [0.29, 0.717) is 13.2 Å². The molecule has 0 aliphatic heterocycles. The summed E-state index contributed by atoms with van der Waals surface area (Å²) in [6, 6.07) is 0.218. The van der Waals surface area contributed by atoms with Crippen LogP contribution in [0.5, 0.6) is 0 Å². The molecule has 1 unspecified atom stereocenters. The Morgan fingerprint density at radius 3 is 2.41 bits per heavy atom. The fraction of sp³-hybridized carbons (Fsp3) is 0.917. The molecule has 1 atom stereocenters. The molecule has 0 aliphatic rings. The number of likely N-dealkylation sites (N-methyl/N-ethyl adjacent to an activating group) is 1. The van der Waals surface area contributed by atoms with Gasteiger partial charge in [0, 0.05) is 26.2 Å². The van der Waals surface area contributed by atoms with Crippen LogP contribution in [0, 0.1) is 0 Å². The normalized spacial score (nSPS) is 15.1. The van der Waals surface area contributed by atoms with Gasteiger partial charge >= 0.3 is 5.97 Å². The Labute approximate surface area is 104 Å². The average Bonchev–Trinajstić information content (AvgIpc) is 2.23. The molecule has 0 saturated carbocycles. The number of hydrogen-bond acceptors (Lipinski definition) is 5. The third-order valence-corrected chi connectivity index (χ3v) is 2.51. The van der Waals surface area contributed by atoms with Gasteiger partial charge in [-0.25, -0.2) is 0 Å². The van der Waals surface area contributed by atoms with Gasteiger partial charge in [-0.15, -0.1) is 0 Å². The van der Waals surface area contributed by atoms with Crippen molar-refractivity contribution in [3.05, 3.63) is 0 Å². The van der Waals surface area contributed by atoms with Crippen LogP contribution in [0.1, 0.15) is 20.8 Å². The molecule has 5 nitrogen and oxygen atoms in total. The molecular formula is C12H26N2O3. The first-order valence-electron chi connectivity index (χ1n) is 5.89. The van der Waals surface area contributed by atoms with Crippen LogP contribution in [0.2, 0.25) is 0 Å². The molecule has 0 bridgehead atoms. The van der Waals surface area contributed by atoms with Gasteiger partial charge in [0.25, 0.3) is 0 Å². The number of nitrogens with one attached hydrogen (secondary N) is 1. The molecule has 0 heterocycles. The van der Waals surface area contributed by atoms with Crippen LogP contribution in [0.25, 0.3) is 0 Å². The lowest BCUT2D eigenvalue weighted by atomic mass is 10.0. The highest BCUT2D eigenvalue weighted by molar-refractivity contribution is 5.80. The van der Waals surface area contributed by atoms with Crippen molar-refractivity contribution in [2.24, 2.45) is 0 Å². The van der Waals surface area contributed by atoms with Gasteiger partial charge in [-0.05, 0) is 27.8 Å². The van der Waals surface area contributed by atoms with Crippen LogP contribution in [0.3, 0.4) is 0 Å². The van der Waals surface area contributed by atoms with Crippen molar-refractivity contribution in [3.8, 4) is 0 Å². The maximum atomic E-state index is 11.8. The number of hydrogen-bond donors (Lipinski definition) is 1. The van der Waals surface area contributed by atoms with Crippen LogP contribution in [0.15, 0.2) is 0 Å². The molecule has 102 valence electrons. The summed E-state index contributed by atoms with van der Waals surface area (Å²) in [5.41, 5.74) is -0.689. The summed E-state index contributed by atoms with van der Waals surface area (Å²) in [4.78, 5) is 13.9. The van der Waals surface area contributed by atoms with Gasteiger partial charge in [0.2, 0.25) is 0 Å². The molecule has 0 aliphatic carbocycles. The fourth-order valence-electron chi connectivity index (χ4n) is 1.90. The molecule has 0 radical (unpaired) electrons. The van der Waals surface area contributed by atoms with E-state index in [0.717, 1.165) is 6.54 Å². The largest absolute Gasteiger partial charge is 0.468 e. The van der Waals surface area contributed by atoms with Gasteiger partial charge in [0.1, 0.15) is 5.54 Å². The smallest absolute Gasteiger partial charge is 0.327 e. The Hall–Kier alpha value is -0.650. The highest BCUT2D eigenvalue weighted by Gasteiger charge is 2.35. The zero-order chi connectivity index (χ0) is 13.5. The Bertz CT molecular complexity index is 234. The topological polar surface area (TPSA) is 50.8 Å². The van der Waals surface area contributed by atoms with E-state index in [4.69, 9.17) is 9.47 Å². The number of nitrogens with zero attached hydrogens (tertiary/aromatic N) is 1. The van der Waals surface area contributed by atoms with Gasteiger partial charge < -0.3 is 14.4 Å². The first kappa shape index (κ1) is 16.4. The minimum atomic E-state index is -0.689. The molecule has 5 heteroatoms. The van der Waals surface area contributed by atoms with E-state index in [9.17, 15) is 4.79 Å². The molecule has 0 spiro atoms. The molecule has 0 aromatic heterocycles. The van der Waals surface area contributed by atoms with Gasteiger partial charge in [-0.3, -0.25) is 10.1 Å². The van der Waals surface area contributed by atoms with E-state index in [1.807, 2.05) is 27.8 Å². The Morgan fingerprint density at radius 1 is 1.41 bits per heavy atom. The summed E-state index contributed by atoms with van der Waals surface area (Å²) in [7, 11) is 5.04. The third kappa shape index (κ3) is 6.00. The van der Waals surface area contributed by atoms with E-state index in [2.05, 4.69) is 10.2 Å². The van der Waals surface area contributed by atoms with Crippen LogP contribution < -0.4 is 5.32 Å². The molecule has 0 aromatic carbocycles. The minimum absolute atomic E-state index is 0.218. The maximum Gasteiger partial charge on any atom is 0.327 e. The van der Waals surface area contributed by atoms with Crippen molar-refractivity contribution in [2.45, 2.75) is 32.4 Å². The van der Waals surface area contributed by atoms with Crippen molar-refractivity contribution in [3.63, 3.8) is 0 Å². The van der Waals surface area contributed by atoms with Crippen molar-refractivity contribution < 1.29 is 14.3 Å². The summed E-state index contributed by atoms with van der Waals surface area (Å²) in [5, 5.41) is 3.26. The van der Waals surface area contributed by atoms with E-state index in [1.165, 1.54) is 7.11 Å². The van der Waals surface area contributed by atoms with E-state index in [1.54, 1.807) is 7.11 Å². The molecule has 17 heavy (non-hydrogen) atoms. The number of carbonyl (C=O) groups is 1. The van der Waals surface area contributed by atoms with E-state index >= 15 is 0 Å². The van der Waals surface area contributed by atoms with Crippen molar-refractivity contribution in [2.75, 3.05) is 41.0 Å². The van der Waals surface area contributed by atoms with Crippen LogP contribution in [-0.2, 0) is 14.3 Å². The van der Waals surface area contributed by atoms with Crippen molar-refractivity contribution >= 4 is 5.97 Å². The summed E-state index contributed by atoms with van der Waals surface area (Å²) in [6.07, 6.45) is 0. The zero-order valence-electron chi connectivity index (χ0n) is 11.9. The van der Waals surface area contributed by atoms with Crippen LogP contribution in [0.4, 0.5) is 0 Å². The lowest BCUT2D eigenvalue weighted by Crippen LogP contribution is -2.59. The van der Waals surface area contributed by atoms with Gasteiger partial charge in [-0.2, -0.15) is 0 Å². The third-order valence-electron chi connectivity index (χ3n) is 2.51. The number of ether oxygens (including phenoxy) is 2. The predicted octanol–water partition coefficient (Wildman–Crippen LogP) is 0.494. The molecule has 0 amide bonds. The lowest BCUT2D eigenvalue weighted by Gasteiger charge is -2.33. The van der Waals surface area contributed by atoms with Crippen molar-refractivity contribution in [1.29, 1.82) is 0 Å². The quantitative estimate of drug-likeness (QED) is 0.632. The lowest BCUT2D eigenvalue weighted by molar-refractivity contribution is -0.149. The van der Waals surface area contributed by atoms with Gasteiger partial charge in [0.15, 0.2) is 0 Å². The zero-order valence-corrected chi connectivity index (χ0v) is 11.9. The second-order valence-corrected chi connectivity index (χ2v) is 4.85. The standard InChI is InChI=1S/C12H26N2O3/c1-10(2)13-12(3,11(15)17-6)9-14(4)7-8-16-5/h10,13H,7-9H2,1-6H3.